The lowest BCUT2D eigenvalue weighted by atomic mass is 10.0. The van der Waals surface area contributed by atoms with Crippen molar-refractivity contribution in [3.8, 4) is 33.9 Å². The van der Waals surface area contributed by atoms with Gasteiger partial charge < -0.3 is 19.2 Å². The fourth-order valence-electron chi connectivity index (χ4n) is 3.95. The number of hydrogen-bond donors (Lipinski definition) is 1. The first-order valence-corrected chi connectivity index (χ1v) is 10.6. The van der Waals surface area contributed by atoms with Crippen molar-refractivity contribution in [3.63, 3.8) is 0 Å². The molecule has 33 heavy (non-hydrogen) atoms. The zero-order valence-electron chi connectivity index (χ0n) is 17.6. The van der Waals surface area contributed by atoms with Gasteiger partial charge in [-0.25, -0.2) is 4.98 Å². The van der Waals surface area contributed by atoms with Crippen LogP contribution in [0.3, 0.4) is 0 Å². The summed E-state index contributed by atoms with van der Waals surface area (Å²) in [6.45, 7) is 0.170. The number of carbonyl (C=O) groups excluding carboxylic acids is 1. The van der Waals surface area contributed by atoms with E-state index in [-0.39, 0.29) is 12.7 Å². The lowest BCUT2D eigenvalue weighted by molar-refractivity contribution is 0.102. The van der Waals surface area contributed by atoms with E-state index < -0.39 is 0 Å². The number of anilines is 1. The molecule has 2 aromatic heterocycles. The number of ether oxygens (including phenoxy) is 2. The molecule has 1 aliphatic rings. The van der Waals surface area contributed by atoms with Crippen molar-refractivity contribution < 1.29 is 14.3 Å². The van der Waals surface area contributed by atoms with Gasteiger partial charge in [0.15, 0.2) is 17.1 Å². The summed E-state index contributed by atoms with van der Waals surface area (Å²) in [5.74, 6) is 0.978. The van der Waals surface area contributed by atoms with E-state index in [1.54, 1.807) is 18.2 Å². The molecule has 0 atom stereocenters. The van der Waals surface area contributed by atoms with E-state index in [4.69, 9.17) is 14.5 Å². The van der Waals surface area contributed by atoms with E-state index in [1.807, 2.05) is 47.1 Å². The molecule has 6 nitrogen and oxygen atoms in total. The molecule has 0 aliphatic carbocycles. The Balaban J connectivity index is 1.28. The van der Waals surface area contributed by atoms with Crippen LogP contribution < -0.4 is 14.8 Å². The first-order valence-electron chi connectivity index (χ1n) is 10.6. The number of hydrogen-bond acceptors (Lipinski definition) is 4. The first-order chi connectivity index (χ1) is 16.2. The third-order valence-electron chi connectivity index (χ3n) is 5.65. The van der Waals surface area contributed by atoms with Crippen molar-refractivity contribution in [2.24, 2.45) is 0 Å². The molecule has 0 fully saturated rings. The van der Waals surface area contributed by atoms with Gasteiger partial charge in [-0.2, -0.15) is 0 Å². The molecular weight excluding hydrogens is 414 g/mol. The zero-order chi connectivity index (χ0) is 22.2. The summed E-state index contributed by atoms with van der Waals surface area (Å²) in [4.78, 5) is 17.7. The summed E-state index contributed by atoms with van der Waals surface area (Å²) < 4.78 is 12.6. The number of carbonyl (C=O) groups is 1. The maximum atomic E-state index is 12.9. The third-order valence-corrected chi connectivity index (χ3v) is 5.65. The van der Waals surface area contributed by atoms with Crippen LogP contribution in [0.1, 0.15) is 10.4 Å². The van der Waals surface area contributed by atoms with Crippen molar-refractivity contribution in [3.05, 3.63) is 103 Å². The first kappa shape index (κ1) is 19.1. The number of amides is 1. The zero-order valence-corrected chi connectivity index (χ0v) is 17.6. The summed E-state index contributed by atoms with van der Waals surface area (Å²) in [5.41, 5.74) is 5.96. The Morgan fingerprint density at radius 3 is 2.42 bits per heavy atom. The summed E-state index contributed by atoms with van der Waals surface area (Å²) in [6.07, 6.45) is 3.88. The Kier molecular flexibility index (Phi) is 4.54. The van der Waals surface area contributed by atoms with E-state index in [0.717, 1.165) is 16.8 Å². The molecule has 1 aliphatic heterocycles. The molecule has 6 heteroatoms. The van der Waals surface area contributed by atoms with Gasteiger partial charge in [0.1, 0.15) is 0 Å². The highest BCUT2D eigenvalue weighted by Crippen LogP contribution is 2.33. The van der Waals surface area contributed by atoms with Gasteiger partial charge in [-0.05, 0) is 41.5 Å². The SMILES string of the molecule is O=C(Nc1cccn2cc(-c3ccc(-c4ccccc4)cc3)nc12)c1ccc2c(c1)OCO2. The average molecular weight is 433 g/mol. The summed E-state index contributed by atoms with van der Waals surface area (Å²) in [7, 11) is 0. The number of pyridine rings is 1. The van der Waals surface area contributed by atoms with Crippen LogP contribution in [0.5, 0.6) is 11.5 Å². The van der Waals surface area contributed by atoms with Gasteiger partial charge in [0.2, 0.25) is 6.79 Å². The van der Waals surface area contributed by atoms with Gasteiger partial charge in [-0.3, -0.25) is 4.79 Å². The highest BCUT2D eigenvalue weighted by atomic mass is 16.7. The maximum absolute atomic E-state index is 12.9. The lowest BCUT2D eigenvalue weighted by Gasteiger charge is -2.07. The maximum Gasteiger partial charge on any atom is 0.255 e. The minimum Gasteiger partial charge on any atom is -0.454 e. The van der Waals surface area contributed by atoms with Crippen molar-refractivity contribution in [1.82, 2.24) is 9.38 Å². The smallest absolute Gasteiger partial charge is 0.255 e. The van der Waals surface area contributed by atoms with E-state index in [9.17, 15) is 4.79 Å². The Morgan fingerprint density at radius 1 is 0.818 bits per heavy atom. The van der Waals surface area contributed by atoms with Crippen LogP contribution in [0.15, 0.2) is 97.3 Å². The molecule has 160 valence electrons. The molecule has 0 spiro atoms. The molecule has 1 N–H and O–H groups in total. The molecule has 5 aromatic rings. The minimum absolute atomic E-state index is 0.170. The fourth-order valence-corrected chi connectivity index (χ4v) is 3.95. The Morgan fingerprint density at radius 2 is 1.58 bits per heavy atom. The predicted molar refractivity (Wildman–Crippen MR) is 127 cm³/mol. The molecule has 0 unspecified atom stereocenters. The van der Waals surface area contributed by atoms with E-state index in [2.05, 4.69) is 41.7 Å². The molecule has 6 rings (SSSR count). The van der Waals surface area contributed by atoms with Crippen LogP contribution >= 0.6 is 0 Å². The monoisotopic (exact) mass is 433 g/mol. The van der Waals surface area contributed by atoms with Crippen LogP contribution in [0.4, 0.5) is 5.69 Å². The molecule has 3 aromatic carbocycles. The van der Waals surface area contributed by atoms with Crippen molar-refractivity contribution in [1.29, 1.82) is 0 Å². The van der Waals surface area contributed by atoms with Crippen LogP contribution in [-0.4, -0.2) is 22.1 Å². The quantitative estimate of drug-likeness (QED) is 0.398. The summed E-state index contributed by atoms with van der Waals surface area (Å²) >= 11 is 0. The highest BCUT2D eigenvalue weighted by molar-refractivity contribution is 6.06. The number of nitrogens with zero attached hydrogens (tertiary/aromatic N) is 2. The average Bonchev–Trinajstić information content (AvgIpc) is 3.52. The largest absolute Gasteiger partial charge is 0.454 e. The molecule has 0 radical (unpaired) electrons. The molecule has 1 amide bonds. The van der Waals surface area contributed by atoms with Crippen LogP contribution in [0, 0.1) is 0 Å². The van der Waals surface area contributed by atoms with Crippen LogP contribution in [0.25, 0.3) is 28.0 Å². The minimum atomic E-state index is -0.238. The number of benzene rings is 3. The third kappa shape index (κ3) is 3.57. The lowest BCUT2D eigenvalue weighted by Crippen LogP contribution is -2.12. The van der Waals surface area contributed by atoms with Gasteiger partial charge in [-0.15, -0.1) is 0 Å². The van der Waals surface area contributed by atoms with E-state index in [0.29, 0.717) is 28.4 Å². The normalized spacial score (nSPS) is 12.1. The van der Waals surface area contributed by atoms with Gasteiger partial charge in [0.05, 0.1) is 11.4 Å². The standard InChI is InChI=1S/C27H19N3O3/c31-27(21-12-13-24-25(15-21)33-17-32-24)29-22-7-4-14-30-16-23(28-26(22)30)20-10-8-19(9-11-20)18-5-2-1-3-6-18/h1-16H,17H2,(H,29,31). The number of rotatable bonds is 4. The summed E-state index contributed by atoms with van der Waals surface area (Å²) in [6, 6.07) is 27.4. The fraction of sp³-hybridized carbons (Fsp3) is 0.0370. The summed E-state index contributed by atoms with van der Waals surface area (Å²) in [5, 5.41) is 2.97. The van der Waals surface area contributed by atoms with Gasteiger partial charge in [0.25, 0.3) is 5.91 Å². The number of imidazole rings is 1. The second-order valence-corrected chi connectivity index (χ2v) is 7.74. The van der Waals surface area contributed by atoms with Crippen molar-refractivity contribution in [2.45, 2.75) is 0 Å². The Labute approximate surface area is 190 Å². The van der Waals surface area contributed by atoms with E-state index >= 15 is 0 Å². The van der Waals surface area contributed by atoms with Gasteiger partial charge in [-0.1, -0.05) is 54.6 Å². The van der Waals surface area contributed by atoms with Gasteiger partial charge in [0, 0.05) is 23.5 Å². The Bertz CT molecular complexity index is 1470. The Hall–Kier alpha value is -4.58. The number of fused-ring (bicyclic) bond motifs is 2. The van der Waals surface area contributed by atoms with Crippen molar-refractivity contribution >= 4 is 17.2 Å². The highest BCUT2D eigenvalue weighted by Gasteiger charge is 2.17. The number of aromatic nitrogens is 2. The molecule has 0 bridgehead atoms. The second-order valence-electron chi connectivity index (χ2n) is 7.74. The molecule has 3 heterocycles. The van der Waals surface area contributed by atoms with E-state index in [1.165, 1.54) is 5.56 Å². The number of nitrogens with one attached hydrogen (secondary N) is 1. The predicted octanol–water partition coefficient (Wildman–Crippen LogP) is 5.65. The van der Waals surface area contributed by atoms with Crippen molar-refractivity contribution in [2.75, 3.05) is 12.1 Å². The molecule has 0 saturated carbocycles. The molecular formula is C27H19N3O3. The van der Waals surface area contributed by atoms with Crippen LogP contribution in [-0.2, 0) is 0 Å². The second kappa shape index (κ2) is 7.84. The molecule has 0 saturated heterocycles. The van der Waals surface area contributed by atoms with Gasteiger partial charge >= 0.3 is 0 Å². The van der Waals surface area contributed by atoms with Crippen LogP contribution in [0.2, 0.25) is 0 Å². The topological polar surface area (TPSA) is 64.9 Å².